The first-order chi connectivity index (χ1) is 9.44. The Labute approximate surface area is 119 Å². The van der Waals surface area contributed by atoms with Gasteiger partial charge in [-0.15, -0.1) is 11.3 Å². The summed E-state index contributed by atoms with van der Waals surface area (Å²) in [5.41, 5.74) is -0.478. The van der Waals surface area contributed by atoms with Gasteiger partial charge < -0.3 is 4.74 Å². The molecule has 0 atom stereocenters. The van der Waals surface area contributed by atoms with E-state index in [9.17, 15) is 18.5 Å². The topological polar surface area (TPSA) is 98.5 Å². The van der Waals surface area contributed by atoms with Crippen molar-refractivity contribution in [3.05, 3.63) is 45.8 Å². The van der Waals surface area contributed by atoms with Gasteiger partial charge in [0.05, 0.1) is 12.0 Å². The van der Waals surface area contributed by atoms with E-state index in [0.717, 1.165) is 11.3 Å². The Kier molecular flexibility index (Phi) is 3.91. The quantitative estimate of drug-likeness (QED) is 0.675. The number of anilines is 1. The van der Waals surface area contributed by atoms with Gasteiger partial charge in [-0.05, 0) is 17.5 Å². The first-order valence-corrected chi connectivity index (χ1v) is 7.69. The van der Waals surface area contributed by atoms with Crippen LogP contribution in [-0.2, 0) is 10.0 Å². The highest BCUT2D eigenvalue weighted by molar-refractivity contribution is 7.94. The number of nitro benzene ring substituents is 1. The van der Waals surface area contributed by atoms with E-state index >= 15 is 0 Å². The molecule has 0 aliphatic rings. The minimum Gasteiger partial charge on any atom is -0.497 e. The lowest BCUT2D eigenvalue weighted by atomic mass is 10.2. The number of benzene rings is 1. The molecule has 106 valence electrons. The van der Waals surface area contributed by atoms with Crippen molar-refractivity contribution in [2.45, 2.75) is 4.21 Å². The van der Waals surface area contributed by atoms with E-state index in [4.69, 9.17) is 4.74 Å². The lowest BCUT2D eigenvalue weighted by Crippen LogP contribution is -2.12. The van der Waals surface area contributed by atoms with E-state index in [2.05, 4.69) is 4.72 Å². The molecule has 0 spiro atoms. The Morgan fingerprint density at radius 2 is 2.10 bits per heavy atom. The molecule has 0 aliphatic carbocycles. The molecule has 9 heteroatoms. The van der Waals surface area contributed by atoms with Crippen LogP contribution in [0.15, 0.2) is 39.9 Å². The fraction of sp³-hybridized carbons (Fsp3) is 0.0909. The summed E-state index contributed by atoms with van der Waals surface area (Å²) >= 11 is 1.02. The van der Waals surface area contributed by atoms with Gasteiger partial charge in [-0.25, -0.2) is 8.42 Å². The third-order valence-electron chi connectivity index (χ3n) is 2.40. The lowest BCUT2D eigenvalue weighted by Gasteiger charge is -2.08. The summed E-state index contributed by atoms with van der Waals surface area (Å²) in [6.07, 6.45) is 0. The smallest absolute Gasteiger partial charge is 0.293 e. The van der Waals surface area contributed by atoms with Crippen LogP contribution in [0.1, 0.15) is 0 Å². The number of thiophene rings is 1. The van der Waals surface area contributed by atoms with E-state index < -0.39 is 14.9 Å². The molecule has 0 amide bonds. The van der Waals surface area contributed by atoms with Crippen LogP contribution >= 0.6 is 11.3 Å². The predicted molar refractivity (Wildman–Crippen MR) is 74.8 cm³/mol. The average Bonchev–Trinajstić information content (AvgIpc) is 2.92. The third kappa shape index (κ3) is 2.89. The molecule has 1 aromatic heterocycles. The van der Waals surface area contributed by atoms with Gasteiger partial charge in [0.1, 0.15) is 15.6 Å². The first-order valence-electron chi connectivity index (χ1n) is 5.33. The van der Waals surface area contributed by atoms with Gasteiger partial charge in [-0.1, -0.05) is 6.07 Å². The number of nitrogens with one attached hydrogen (secondary N) is 1. The molecule has 1 N–H and O–H groups in total. The molecule has 0 unspecified atom stereocenters. The van der Waals surface area contributed by atoms with Gasteiger partial charge in [0.15, 0.2) is 0 Å². The number of hydrogen-bond donors (Lipinski definition) is 1. The molecule has 7 nitrogen and oxygen atoms in total. The fourth-order valence-electron chi connectivity index (χ4n) is 1.49. The van der Waals surface area contributed by atoms with Crippen LogP contribution in [0.25, 0.3) is 0 Å². The minimum absolute atomic E-state index is 0.0783. The Morgan fingerprint density at radius 1 is 1.35 bits per heavy atom. The van der Waals surface area contributed by atoms with Gasteiger partial charge in [0.2, 0.25) is 0 Å². The van der Waals surface area contributed by atoms with Crippen LogP contribution < -0.4 is 9.46 Å². The molecule has 0 fully saturated rings. The van der Waals surface area contributed by atoms with Crippen LogP contribution in [0.2, 0.25) is 0 Å². The zero-order valence-electron chi connectivity index (χ0n) is 10.3. The Morgan fingerprint density at radius 3 is 2.65 bits per heavy atom. The maximum Gasteiger partial charge on any atom is 0.293 e. The fourth-order valence-corrected chi connectivity index (χ4v) is 3.55. The molecule has 0 saturated carbocycles. The molecular formula is C11H10N2O5S2. The molecule has 1 heterocycles. The molecule has 0 saturated heterocycles. The second kappa shape index (κ2) is 5.47. The molecule has 1 aromatic carbocycles. The van der Waals surface area contributed by atoms with Gasteiger partial charge in [-0.2, -0.15) is 0 Å². The summed E-state index contributed by atoms with van der Waals surface area (Å²) in [5.74, 6) is 0.319. The van der Waals surface area contributed by atoms with Crippen molar-refractivity contribution in [1.82, 2.24) is 0 Å². The molecule has 0 bridgehead atoms. The van der Waals surface area contributed by atoms with Gasteiger partial charge in [0, 0.05) is 12.1 Å². The van der Waals surface area contributed by atoms with E-state index in [1.165, 1.54) is 31.4 Å². The highest BCUT2D eigenvalue weighted by Gasteiger charge is 2.22. The Balaban J connectivity index is 2.44. The Hall–Kier alpha value is -2.13. The van der Waals surface area contributed by atoms with Gasteiger partial charge >= 0.3 is 0 Å². The molecular weight excluding hydrogens is 304 g/mol. The summed E-state index contributed by atoms with van der Waals surface area (Å²) in [7, 11) is -2.45. The lowest BCUT2D eigenvalue weighted by molar-refractivity contribution is -0.383. The number of ether oxygens (including phenoxy) is 1. The molecule has 0 radical (unpaired) electrons. The van der Waals surface area contributed by atoms with Gasteiger partial charge in [-0.3, -0.25) is 14.8 Å². The number of nitrogens with zero attached hydrogens (tertiary/aromatic N) is 1. The highest BCUT2D eigenvalue weighted by atomic mass is 32.2. The zero-order valence-corrected chi connectivity index (χ0v) is 11.9. The largest absolute Gasteiger partial charge is 0.497 e. The maximum atomic E-state index is 12.1. The predicted octanol–water partition coefficient (Wildman–Crippen LogP) is 2.47. The van der Waals surface area contributed by atoms with E-state index in [-0.39, 0.29) is 15.6 Å². The van der Waals surface area contributed by atoms with Crippen molar-refractivity contribution in [3.8, 4) is 5.75 Å². The Bertz CT molecular complexity index is 725. The van der Waals surface area contributed by atoms with Crippen LogP contribution in [0.5, 0.6) is 5.75 Å². The first kappa shape index (κ1) is 14.3. The van der Waals surface area contributed by atoms with Crippen molar-refractivity contribution < 1.29 is 18.1 Å². The highest BCUT2D eigenvalue weighted by Crippen LogP contribution is 2.31. The standard InChI is InChI=1S/C11H10N2O5S2/c1-18-8-4-5-10(13(14)15)9(7-8)12-20(16,17)11-3-2-6-19-11/h2-7,12H,1H3. The summed E-state index contributed by atoms with van der Waals surface area (Å²) in [4.78, 5) is 10.3. The maximum absolute atomic E-state index is 12.1. The van der Waals surface area contributed by atoms with E-state index in [1.54, 1.807) is 11.4 Å². The van der Waals surface area contributed by atoms with Crippen LogP contribution in [-0.4, -0.2) is 20.5 Å². The molecule has 20 heavy (non-hydrogen) atoms. The average molecular weight is 314 g/mol. The summed E-state index contributed by atoms with van der Waals surface area (Å²) in [6, 6.07) is 6.84. The minimum atomic E-state index is -3.84. The van der Waals surface area contributed by atoms with E-state index in [0.29, 0.717) is 5.75 Å². The third-order valence-corrected chi connectivity index (χ3v) is 5.17. The molecule has 0 aliphatic heterocycles. The van der Waals surface area contributed by atoms with Crippen LogP contribution in [0.4, 0.5) is 11.4 Å². The monoisotopic (exact) mass is 314 g/mol. The molecule has 2 rings (SSSR count). The summed E-state index contributed by atoms with van der Waals surface area (Å²) in [6.45, 7) is 0. The van der Waals surface area contributed by atoms with Gasteiger partial charge in [0.25, 0.3) is 15.7 Å². The normalized spacial score (nSPS) is 11.1. The van der Waals surface area contributed by atoms with Crippen molar-refractivity contribution in [2.24, 2.45) is 0 Å². The molecule has 2 aromatic rings. The summed E-state index contributed by atoms with van der Waals surface area (Å²) < 4.78 is 31.4. The second-order valence-corrected chi connectivity index (χ2v) is 6.53. The van der Waals surface area contributed by atoms with Crippen molar-refractivity contribution in [3.63, 3.8) is 0 Å². The number of methoxy groups -OCH3 is 1. The number of sulfonamides is 1. The van der Waals surface area contributed by atoms with Crippen molar-refractivity contribution in [2.75, 3.05) is 11.8 Å². The number of nitro groups is 1. The van der Waals surface area contributed by atoms with Crippen molar-refractivity contribution in [1.29, 1.82) is 0 Å². The SMILES string of the molecule is COc1ccc([N+](=O)[O-])c(NS(=O)(=O)c2cccs2)c1. The number of hydrogen-bond acceptors (Lipinski definition) is 6. The zero-order chi connectivity index (χ0) is 14.8. The van der Waals surface area contributed by atoms with Crippen LogP contribution in [0, 0.1) is 10.1 Å². The van der Waals surface area contributed by atoms with E-state index in [1.807, 2.05) is 0 Å². The summed E-state index contributed by atoms with van der Waals surface area (Å²) in [5, 5.41) is 12.5. The second-order valence-electron chi connectivity index (χ2n) is 3.68. The van der Waals surface area contributed by atoms with Crippen molar-refractivity contribution >= 4 is 32.7 Å². The number of rotatable bonds is 5. The van der Waals surface area contributed by atoms with Crippen LogP contribution in [0.3, 0.4) is 0 Å².